The van der Waals surface area contributed by atoms with Crippen molar-refractivity contribution >= 4 is 35.8 Å². The number of nitrogens with two attached hydrogens (primary N) is 1. The Bertz CT molecular complexity index is 849. The van der Waals surface area contributed by atoms with E-state index in [0.717, 1.165) is 18.9 Å². The fraction of sp³-hybridized carbons (Fsp3) is 0.600. The number of sulfone groups is 1. The first-order chi connectivity index (χ1) is 10.8. The van der Waals surface area contributed by atoms with Gasteiger partial charge >= 0.3 is 0 Å². The average Bonchev–Trinajstić information content (AvgIpc) is 2.37. The number of rotatable bonds is 5. The predicted octanol–water partition coefficient (Wildman–Crippen LogP) is 2.85. The number of halogens is 1. The largest absolute Gasteiger partial charge is 0.484 e. The maximum Gasteiger partial charge on any atom is 0.238 e. The summed E-state index contributed by atoms with van der Waals surface area (Å²) in [6.07, 6.45) is 2.44. The normalized spacial score (nSPS) is 22.9. The molecule has 2 N–H and O–H groups in total. The van der Waals surface area contributed by atoms with E-state index in [-0.39, 0.29) is 25.8 Å². The van der Waals surface area contributed by atoms with Crippen LogP contribution in [-0.2, 0) is 19.9 Å². The topological polar surface area (TPSA) is 104 Å². The average molecular weight is 440 g/mol. The van der Waals surface area contributed by atoms with E-state index in [0.29, 0.717) is 12.3 Å². The zero-order valence-corrected chi connectivity index (χ0v) is 17.1. The van der Waals surface area contributed by atoms with Gasteiger partial charge in [0.2, 0.25) is 10.0 Å². The summed E-state index contributed by atoms with van der Waals surface area (Å²) in [4.78, 5) is -0.397. The minimum atomic E-state index is -4.01. The van der Waals surface area contributed by atoms with Gasteiger partial charge in [-0.15, -0.1) is 0 Å². The molecular formula is C15H22BrNO5S2. The third kappa shape index (κ3) is 4.30. The van der Waals surface area contributed by atoms with Crippen LogP contribution in [0.25, 0.3) is 0 Å². The smallest absolute Gasteiger partial charge is 0.238 e. The van der Waals surface area contributed by atoms with Gasteiger partial charge in [0, 0.05) is 0 Å². The third-order valence-corrected chi connectivity index (χ3v) is 7.42. The lowest BCUT2D eigenvalue weighted by atomic mass is 9.97. The molecule has 1 aliphatic rings. The number of fused-ring (bicyclic) bond motifs is 1. The minimum Gasteiger partial charge on any atom is -0.484 e. The summed E-state index contributed by atoms with van der Waals surface area (Å²) in [5.41, 5.74) is -0.841. The molecule has 136 valence electrons. The summed E-state index contributed by atoms with van der Waals surface area (Å²) >= 11 is 3.21. The van der Waals surface area contributed by atoms with Gasteiger partial charge in [-0.2, -0.15) is 0 Å². The number of ether oxygens (including phenoxy) is 1. The molecule has 9 heteroatoms. The van der Waals surface area contributed by atoms with E-state index in [4.69, 9.17) is 9.88 Å². The molecule has 0 aliphatic carbocycles. The zero-order chi connectivity index (χ0) is 18.3. The van der Waals surface area contributed by atoms with Crippen LogP contribution in [0.3, 0.4) is 0 Å². The highest BCUT2D eigenvalue weighted by atomic mass is 79.9. The number of benzene rings is 1. The van der Waals surface area contributed by atoms with Crippen LogP contribution < -0.4 is 9.88 Å². The van der Waals surface area contributed by atoms with Crippen LogP contribution in [0.1, 0.15) is 40.0 Å². The molecule has 1 unspecified atom stereocenters. The van der Waals surface area contributed by atoms with Gasteiger partial charge in [0.25, 0.3) is 0 Å². The van der Waals surface area contributed by atoms with E-state index < -0.39 is 25.5 Å². The standard InChI is InChI=1S/C15H22BrNO5S2/c1-10(2)5-4-6-15(3)9-23(18,19)13-8-11(24(17,20)21)7-12(16)14(13)22-15/h7-8,10H,4-6,9H2,1-3H3,(H2,17,20,21). The first kappa shape index (κ1) is 19.7. The van der Waals surface area contributed by atoms with E-state index in [9.17, 15) is 16.8 Å². The molecule has 0 amide bonds. The SMILES string of the molecule is CC(C)CCCC1(C)CS(=O)(=O)c2cc(S(N)(=O)=O)cc(Br)c2O1. The van der Waals surface area contributed by atoms with Gasteiger partial charge in [-0.1, -0.05) is 20.3 Å². The Morgan fingerprint density at radius 2 is 2.00 bits per heavy atom. The predicted molar refractivity (Wildman–Crippen MR) is 95.3 cm³/mol. The van der Waals surface area contributed by atoms with Gasteiger partial charge in [-0.05, 0) is 53.7 Å². The van der Waals surface area contributed by atoms with E-state index in [1.165, 1.54) is 6.07 Å². The van der Waals surface area contributed by atoms with E-state index >= 15 is 0 Å². The van der Waals surface area contributed by atoms with Crippen molar-refractivity contribution in [2.75, 3.05) is 5.75 Å². The van der Waals surface area contributed by atoms with Crippen LogP contribution in [0.15, 0.2) is 26.4 Å². The lowest BCUT2D eigenvalue weighted by Gasteiger charge is -2.36. The van der Waals surface area contributed by atoms with Crippen molar-refractivity contribution in [3.8, 4) is 5.75 Å². The van der Waals surface area contributed by atoms with E-state index in [1.54, 1.807) is 6.92 Å². The molecule has 24 heavy (non-hydrogen) atoms. The molecule has 1 aromatic rings. The van der Waals surface area contributed by atoms with Crippen LogP contribution in [0.2, 0.25) is 0 Å². The monoisotopic (exact) mass is 439 g/mol. The summed E-state index contributed by atoms with van der Waals surface area (Å²) in [6.45, 7) is 6.00. The Balaban J connectivity index is 2.44. The molecule has 0 fully saturated rings. The van der Waals surface area contributed by atoms with Crippen LogP contribution in [0.5, 0.6) is 5.75 Å². The number of primary sulfonamides is 1. The third-order valence-electron chi connectivity index (χ3n) is 3.98. The van der Waals surface area contributed by atoms with Crippen LogP contribution in [0, 0.1) is 5.92 Å². The highest BCUT2D eigenvalue weighted by molar-refractivity contribution is 9.10. The Morgan fingerprint density at radius 3 is 2.54 bits per heavy atom. The fourth-order valence-electron chi connectivity index (χ4n) is 2.80. The first-order valence-corrected chi connectivity index (χ1v) is 11.6. The van der Waals surface area contributed by atoms with Crippen molar-refractivity contribution in [1.29, 1.82) is 0 Å². The Hall–Kier alpha value is -0.640. The Kier molecular flexibility index (Phi) is 5.40. The minimum absolute atomic E-state index is 0.137. The number of hydrogen-bond acceptors (Lipinski definition) is 5. The van der Waals surface area contributed by atoms with Crippen molar-refractivity contribution in [2.24, 2.45) is 11.1 Å². The van der Waals surface area contributed by atoms with Crippen LogP contribution in [0.4, 0.5) is 0 Å². The number of hydrogen-bond donors (Lipinski definition) is 1. The number of sulfonamides is 1. The Morgan fingerprint density at radius 1 is 1.38 bits per heavy atom. The van der Waals surface area contributed by atoms with Gasteiger partial charge in [0.05, 0.1) is 15.1 Å². The highest BCUT2D eigenvalue weighted by Crippen LogP contribution is 2.43. The maximum absolute atomic E-state index is 12.7. The molecule has 1 heterocycles. The molecular weight excluding hydrogens is 418 g/mol. The molecule has 0 aromatic heterocycles. The summed E-state index contributed by atoms with van der Waals surface area (Å²) in [7, 11) is -7.69. The van der Waals surface area contributed by atoms with E-state index in [1.807, 2.05) is 0 Å². The summed E-state index contributed by atoms with van der Waals surface area (Å²) in [5.74, 6) is 0.497. The van der Waals surface area contributed by atoms with Crippen molar-refractivity contribution in [2.45, 2.75) is 55.4 Å². The van der Waals surface area contributed by atoms with Gasteiger partial charge < -0.3 is 4.74 Å². The zero-order valence-electron chi connectivity index (χ0n) is 13.9. The van der Waals surface area contributed by atoms with Crippen molar-refractivity contribution in [1.82, 2.24) is 0 Å². The molecule has 1 atom stereocenters. The first-order valence-electron chi connectivity index (χ1n) is 7.62. The van der Waals surface area contributed by atoms with Gasteiger partial charge in [0.15, 0.2) is 15.6 Å². The summed E-state index contributed by atoms with van der Waals surface area (Å²) in [6, 6.07) is 2.34. The summed E-state index contributed by atoms with van der Waals surface area (Å²) in [5, 5.41) is 5.11. The van der Waals surface area contributed by atoms with Crippen LogP contribution in [-0.4, -0.2) is 28.2 Å². The van der Waals surface area contributed by atoms with Crippen molar-refractivity contribution < 1.29 is 21.6 Å². The van der Waals surface area contributed by atoms with Gasteiger partial charge in [0.1, 0.15) is 10.5 Å². The molecule has 6 nitrogen and oxygen atoms in total. The second-order valence-corrected chi connectivity index (χ2v) is 11.2. The van der Waals surface area contributed by atoms with Crippen molar-refractivity contribution in [3.05, 3.63) is 16.6 Å². The molecule has 0 radical (unpaired) electrons. The molecule has 0 saturated carbocycles. The van der Waals surface area contributed by atoms with Crippen molar-refractivity contribution in [3.63, 3.8) is 0 Å². The molecule has 1 aromatic carbocycles. The molecule has 1 aliphatic heterocycles. The van der Waals surface area contributed by atoms with Crippen LogP contribution >= 0.6 is 15.9 Å². The maximum atomic E-state index is 12.7. The lowest BCUT2D eigenvalue weighted by molar-refractivity contribution is 0.0877. The van der Waals surface area contributed by atoms with Gasteiger partial charge in [-0.3, -0.25) is 0 Å². The molecule has 2 rings (SSSR count). The molecule has 0 spiro atoms. The Labute approximate surface area is 151 Å². The van der Waals surface area contributed by atoms with Gasteiger partial charge in [-0.25, -0.2) is 22.0 Å². The second-order valence-electron chi connectivity index (χ2n) is 6.87. The molecule has 0 saturated heterocycles. The fourth-order valence-corrected chi connectivity index (χ4v) is 6.17. The highest BCUT2D eigenvalue weighted by Gasteiger charge is 2.41. The van der Waals surface area contributed by atoms with E-state index in [2.05, 4.69) is 29.8 Å². The lowest BCUT2D eigenvalue weighted by Crippen LogP contribution is -2.44. The summed E-state index contributed by atoms with van der Waals surface area (Å²) < 4.78 is 54.7. The second kappa shape index (κ2) is 6.59. The molecule has 0 bridgehead atoms. The quantitative estimate of drug-likeness (QED) is 0.759.